The zero-order chi connectivity index (χ0) is 15.4. The molecule has 2 unspecified atom stereocenters. The van der Waals surface area contributed by atoms with E-state index < -0.39 is 12.0 Å². The molecule has 0 spiro atoms. The molecule has 5 heteroatoms. The minimum absolute atomic E-state index is 0.0609. The Morgan fingerprint density at radius 3 is 2.86 bits per heavy atom. The molecule has 1 amide bonds. The van der Waals surface area contributed by atoms with Crippen LogP contribution in [0.2, 0.25) is 0 Å². The van der Waals surface area contributed by atoms with Crippen molar-refractivity contribution in [2.75, 3.05) is 6.54 Å². The van der Waals surface area contributed by atoms with Crippen molar-refractivity contribution in [1.82, 2.24) is 4.90 Å². The summed E-state index contributed by atoms with van der Waals surface area (Å²) in [5.41, 5.74) is 1.08. The average molecular weight is 354 g/mol. The molecular formula is C16H20BrNO3. The lowest BCUT2D eigenvalue weighted by Crippen LogP contribution is -2.49. The third kappa shape index (κ3) is 4.30. The van der Waals surface area contributed by atoms with Gasteiger partial charge in [0.1, 0.15) is 6.04 Å². The van der Waals surface area contributed by atoms with Crippen LogP contribution in [0, 0.1) is 5.92 Å². The van der Waals surface area contributed by atoms with Gasteiger partial charge in [0.2, 0.25) is 5.91 Å². The summed E-state index contributed by atoms with van der Waals surface area (Å²) in [6.07, 6.45) is 2.43. The number of hydrogen-bond acceptors (Lipinski definition) is 2. The monoisotopic (exact) mass is 353 g/mol. The molecule has 1 N–H and O–H groups in total. The SMILES string of the molecule is CC1CCN(C(=O)CCc2cccc(Br)c2)C(C(=O)O)C1. The zero-order valence-corrected chi connectivity index (χ0v) is 13.7. The number of hydrogen-bond donors (Lipinski definition) is 1. The van der Waals surface area contributed by atoms with E-state index in [0.29, 0.717) is 31.7 Å². The number of halogens is 1. The van der Waals surface area contributed by atoms with Gasteiger partial charge in [-0.05, 0) is 42.9 Å². The van der Waals surface area contributed by atoms with Crippen LogP contribution in [0.4, 0.5) is 0 Å². The van der Waals surface area contributed by atoms with Crippen molar-refractivity contribution >= 4 is 27.8 Å². The number of nitrogens with zero attached hydrogens (tertiary/aromatic N) is 1. The number of amides is 1. The quantitative estimate of drug-likeness (QED) is 0.904. The number of aliphatic carboxylic acids is 1. The Hall–Kier alpha value is -1.36. The summed E-state index contributed by atoms with van der Waals surface area (Å²) in [6.45, 7) is 2.59. The number of aryl methyl sites for hydroxylation is 1. The topological polar surface area (TPSA) is 57.6 Å². The summed E-state index contributed by atoms with van der Waals surface area (Å²) in [4.78, 5) is 25.2. The van der Waals surface area contributed by atoms with Crippen LogP contribution >= 0.6 is 15.9 Å². The summed E-state index contributed by atoms with van der Waals surface area (Å²) in [6, 6.07) is 7.18. The number of carboxylic acids is 1. The number of carbonyl (C=O) groups excluding carboxylic acids is 1. The summed E-state index contributed by atoms with van der Waals surface area (Å²) in [7, 11) is 0. The molecule has 21 heavy (non-hydrogen) atoms. The Morgan fingerprint density at radius 1 is 1.43 bits per heavy atom. The normalized spacial score (nSPS) is 22.1. The van der Waals surface area contributed by atoms with E-state index >= 15 is 0 Å². The Morgan fingerprint density at radius 2 is 2.19 bits per heavy atom. The number of carboxylic acid groups (broad SMARTS) is 1. The van der Waals surface area contributed by atoms with Crippen molar-refractivity contribution in [3.8, 4) is 0 Å². The Balaban J connectivity index is 1.97. The lowest BCUT2D eigenvalue weighted by Gasteiger charge is -2.36. The molecule has 0 bridgehead atoms. The number of likely N-dealkylation sites (tertiary alicyclic amines) is 1. The molecule has 1 saturated heterocycles. The summed E-state index contributed by atoms with van der Waals surface area (Å²) in [5, 5.41) is 9.30. The second-order valence-corrected chi connectivity index (χ2v) is 6.62. The lowest BCUT2D eigenvalue weighted by atomic mass is 9.92. The van der Waals surface area contributed by atoms with Crippen LogP contribution in [0.3, 0.4) is 0 Å². The predicted molar refractivity (Wildman–Crippen MR) is 84.0 cm³/mol. The molecule has 1 aliphatic heterocycles. The van der Waals surface area contributed by atoms with E-state index in [1.54, 1.807) is 4.90 Å². The standard InChI is InChI=1S/C16H20BrNO3/c1-11-7-8-18(14(9-11)16(20)21)15(19)6-5-12-3-2-4-13(17)10-12/h2-4,10-11,14H,5-9H2,1H3,(H,20,21). The molecule has 2 atom stereocenters. The Kier molecular flexibility index (Phi) is 5.39. The van der Waals surface area contributed by atoms with Gasteiger partial charge in [-0.2, -0.15) is 0 Å². The maximum atomic E-state index is 12.3. The number of piperidine rings is 1. The smallest absolute Gasteiger partial charge is 0.326 e. The summed E-state index contributed by atoms with van der Waals surface area (Å²) < 4.78 is 0.989. The van der Waals surface area contributed by atoms with Crippen LogP contribution in [0.1, 0.15) is 31.7 Å². The van der Waals surface area contributed by atoms with Crippen LogP contribution in [0.25, 0.3) is 0 Å². The first-order valence-electron chi connectivity index (χ1n) is 7.24. The van der Waals surface area contributed by atoms with Crippen LogP contribution in [-0.2, 0) is 16.0 Å². The molecule has 1 aromatic carbocycles. The van der Waals surface area contributed by atoms with E-state index in [9.17, 15) is 14.7 Å². The highest BCUT2D eigenvalue weighted by Crippen LogP contribution is 2.24. The molecule has 4 nitrogen and oxygen atoms in total. The predicted octanol–water partition coefficient (Wildman–Crippen LogP) is 3.09. The van der Waals surface area contributed by atoms with Gasteiger partial charge in [-0.15, -0.1) is 0 Å². The van der Waals surface area contributed by atoms with Gasteiger partial charge in [0.15, 0.2) is 0 Å². The minimum Gasteiger partial charge on any atom is -0.480 e. The largest absolute Gasteiger partial charge is 0.480 e. The van der Waals surface area contributed by atoms with Gasteiger partial charge in [-0.1, -0.05) is 35.0 Å². The molecule has 0 saturated carbocycles. The molecule has 0 aliphatic carbocycles. The maximum absolute atomic E-state index is 12.3. The highest BCUT2D eigenvalue weighted by molar-refractivity contribution is 9.10. The van der Waals surface area contributed by atoms with Gasteiger partial charge in [-0.25, -0.2) is 4.79 Å². The fourth-order valence-electron chi connectivity index (χ4n) is 2.76. The summed E-state index contributed by atoms with van der Waals surface area (Å²) >= 11 is 3.41. The highest BCUT2D eigenvalue weighted by atomic mass is 79.9. The molecule has 1 aliphatic rings. The summed E-state index contributed by atoms with van der Waals surface area (Å²) in [5.74, 6) is -0.591. The van der Waals surface area contributed by atoms with Crippen molar-refractivity contribution in [2.24, 2.45) is 5.92 Å². The van der Waals surface area contributed by atoms with Gasteiger partial charge in [0.25, 0.3) is 0 Å². The molecule has 1 fully saturated rings. The molecule has 2 rings (SSSR count). The first kappa shape index (κ1) is 16.0. The number of carbonyl (C=O) groups is 2. The molecule has 0 radical (unpaired) electrons. The molecule has 1 aromatic rings. The molecule has 0 aromatic heterocycles. The molecule has 1 heterocycles. The van der Waals surface area contributed by atoms with Gasteiger partial charge < -0.3 is 10.0 Å². The third-order valence-corrected chi connectivity index (χ3v) is 4.48. The van der Waals surface area contributed by atoms with E-state index in [-0.39, 0.29) is 5.91 Å². The van der Waals surface area contributed by atoms with Crippen molar-refractivity contribution in [2.45, 2.75) is 38.6 Å². The minimum atomic E-state index is -0.891. The van der Waals surface area contributed by atoms with Crippen molar-refractivity contribution in [3.63, 3.8) is 0 Å². The van der Waals surface area contributed by atoms with Gasteiger partial charge in [0, 0.05) is 17.4 Å². The van der Waals surface area contributed by atoms with Crippen LogP contribution in [0.5, 0.6) is 0 Å². The molecular weight excluding hydrogens is 334 g/mol. The average Bonchev–Trinajstić information content (AvgIpc) is 2.44. The van der Waals surface area contributed by atoms with Crippen molar-refractivity contribution < 1.29 is 14.7 Å². The maximum Gasteiger partial charge on any atom is 0.326 e. The first-order valence-corrected chi connectivity index (χ1v) is 8.03. The first-order chi connectivity index (χ1) is 9.97. The van der Waals surface area contributed by atoms with Crippen molar-refractivity contribution in [1.29, 1.82) is 0 Å². The van der Waals surface area contributed by atoms with Crippen LogP contribution in [-0.4, -0.2) is 34.5 Å². The fourth-order valence-corrected chi connectivity index (χ4v) is 3.21. The van der Waals surface area contributed by atoms with E-state index in [2.05, 4.69) is 15.9 Å². The number of benzene rings is 1. The van der Waals surface area contributed by atoms with Crippen LogP contribution in [0.15, 0.2) is 28.7 Å². The van der Waals surface area contributed by atoms with Gasteiger partial charge in [-0.3, -0.25) is 4.79 Å². The van der Waals surface area contributed by atoms with Crippen LogP contribution < -0.4 is 0 Å². The molecule has 114 valence electrons. The lowest BCUT2D eigenvalue weighted by molar-refractivity contribution is -0.153. The Bertz CT molecular complexity index is 532. The third-order valence-electron chi connectivity index (χ3n) is 3.99. The second kappa shape index (κ2) is 7.07. The number of rotatable bonds is 4. The zero-order valence-electron chi connectivity index (χ0n) is 12.1. The van der Waals surface area contributed by atoms with E-state index in [4.69, 9.17) is 0 Å². The van der Waals surface area contributed by atoms with E-state index in [1.165, 1.54) is 0 Å². The van der Waals surface area contributed by atoms with Crippen molar-refractivity contribution in [3.05, 3.63) is 34.3 Å². The van der Waals surface area contributed by atoms with E-state index in [0.717, 1.165) is 16.5 Å². The van der Waals surface area contributed by atoms with E-state index in [1.807, 2.05) is 31.2 Å². The van der Waals surface area contributed by atoms with Gasteiger partial charge >= 0.3 is 5.97 Å². The van der Waals surface area contributed by atoms with Gasteiger partial charge in [0.05, 0.1) is 0 Å². The second-order valence-electron chi connectivity index (χ2n) is 5.70. The Labute approximate surface area is 133 Å². The highest BCUT2D eigenvalue weighted by Gasteiger charge is 2.34. The fraction of sp³-hybridized carbons (Fsp3) is 0.500.